The molecular formula is C7H12N2O. The van der Waals surface area contributed by atoms with Crippen LogP contribution in [0.3, 0.4) is 0 Å². The lowest BCUT2D eigenvalue weighted by Crippen LogP contribution is -2.28. The van der Waals surface area contributed by atoms with Gasteiger partial charge in [0, 0.05) is 19.0 Å². The quantitative estimate of drug-likeness (QED) is 0.617. The summed E-state index contributed by atoms with van der Waals surface area (Å²) in [7, 11) is 0. The summed E-state index contributed by atoms with van der Waals surface area (Å²) in [6, 6.07) is 0. The monoisotopic (exact) mass is 140 g/mol. The van der Waals surface area contributed by atoms with Crippen molar-refractivity contribution in [3.8, 4) is 0 Å². The third kappa shape index (κ3) is 1.84. The Kier molecular flexibility index (Phi) is 2.45. The highest BCUT2D eigenvalue weighted by molar-refractivity contribution is 5.78. The van der Waals surface area contributed by atoms with E-state index in [1.165, 1.54) is 0 Å². The second kappa shape index (κ2) is 3.37. The molecule has 3 nitrogen and oxygen atoms in total. The molecular weight excluding hydrogens is 128 g/mol. The van der Waals surface area contributed by atoms with Crippen molar-refractivity contribution in [3.63, 3.8) is 0 Å². The molecule has 0 spiro atoms. The van der Waals surface area contributed by atoms with Crippen LogP contribution in [0.1, 0.15) is 13.8 Å². The first-order valence-corrected chi connectivity index (χ1v) is 3.40. The highest BCUT2D eigenvalue weighted by Gasteiger charge is 2.03. The standard InChI is InChI=1S/C7H12N2O/c1-3-10-7-8-4-6(2)5-9-7/h4-5,7-8H,3H2,1-2H3. The van der Waals surface area contributed by atoms with Crippen LogP contribution in [-0.2, 0) is 4.74 Å². The SMILES string of the molecule is CCOC1N=CC(C)=CN1. The zero-order valence-corrected chi connectivity index (χ0v) is 6.29. The zero-order chi connectivity index (χ0) is 7.40. The summed E-state index contributed by atoms with van der Waals surface area (Å²) >= 11 is 0. The summed E-state index contributed by atoms with van der Waals surface area (Å²) in [5, 5.41) is 2.99. The summed E-state index contributed by atoms with van der Waals surface area (Å²) in [6.45, 7) is 4.61. The maximum absolute atomic E-state index is 5.18. The molecule has 1 aliphatic rings. The highest BCUT2D eigenvalue weighted by atomic mass is 16.5. The van der Waals surface area contributed by atoms with E-state index in [9.17, 15) is 0 Å². The van der Waals surface area contributed by atoms with E-state index in [-0.39, 0.29) is 6.35 Å². The normalized spacial score (nSPS) is 23.8. The lowest BCUT2D eigenvalue weighted by molar-refractivity contribution is 0.0543. The Balaban J connectivity index is 2.37. The number of nitrogens with one attached hydrogen (secondary N) is 1. The molecule has 0 saturated carbocycles. The maximum Gasteiger partial charge on any atom is 0.225 e. The summed E-state index contributed by atoms with van der Waals surface area (Å²) in [4.78, 5) is 4.07. The molecule has 0 bridgehead atoms. The smallest absolute Gasteiger partial charge is 0.225 e. The van der Waals surface area contributed by atoms with Crippen LogP contribution in [0.2, 0.25) is 0 Å². The predicted octanol–water partition coefficient (Wildman–Crippen LogP) is 0.884. The molecule has 1 N–H and O–H groups in total. The third-order valence-electron chi connectivity index (χ3n) is 1.19. The van der Waals surface area contributed by atoms with E-state index >= 15 is 0 Å². The van der Waals surface area contributed by atoms with E-state index in [0.29, 0.717) is 6.61 Å². The molecule has 1 atom stereocenters. The lowest BCUT2D eigenvalue weighted by atomic mass is 10.3. The summed E-state index contributed by atoms with van der Waals surface area (Å²) < 4.78 is 5.18. The maximum atomic E-state index is 5.18. The fourth-order valence-electron chi connectivity index (χ4n) is 0.717. The van der Waals surface area contributed by atoms with Crippen molar-refractivity contribution in [3.05, 3.63) is 11.8 Å². The van der Waals surface area contributed by atoms with E-state index in [0.717, 1.165) is 5.57 Å². The second-order valence-electron chi connectivity index (χ2n) is 2.14. The van der Waals surface area contributed by atoms with Gasteiger partial charge in [0.1, 0.15) is 0 Å². The molecule has 0 radical (unpaired) electrons. The molecule has 0 aliphatic carbocycles. The molecule has 3 heteroatoms. The summed E-state index contributed by atoms with van der Waals surface area (Å²) in [6.07, 6.45) is 3.53. The molecule has 1 aliphatic heterocycles. The topological polar surface area (TPSA) is 33.6 Å². The Morgan fingerprint density at radius 1 is 1.80 bits per heavy atom. The highest BCUT2D eigenvalue weighted by Crippen LogP contribution is 1.97. The van der Waals surface area contributed by atoms with Gasteiger partial charge in [-0.25, -0.2) is 4.99 Å². The molecule has 0 fully saturated rings. The minimum absolute atomic E-state index is 0.173. The molecule has 0 aromatic rings. The molecule has 0 saturated heterocycles. The molecule has 1 heterocycles. The van der Waals surface area contributed by atoms with Gasteiger partial charge < -0.3 is 10.1 Å². The number of nitrogens with zero attached hydrogens (tertiary/aromatic N) is 1. The van der Waals surface area contributed by atoms with Crippen LogP contribution in [0.4, 0.5) is 0 Å². The van der Waals surface area contributed by atoms with Crippen LogP contribution in [-0.4, -0.2) is 19.2 Å². The minimum Gasteiger partial charge on any atom is -0.347 e. The fraction of sp³-hybridized carbons (Fsp3) is 0.571. The number of aliphatic imine (C=N–C) groups is 1. The van der Waals surface area contributed by atoms with E-state index in [2.05, 4.69) is 10.3 Å². The molecule has 0 aromatic carbocycles. The van der Waals surface area contributed by atoms with E-state index in [1.54, 1.807) is 6.21 Å². The Hall–Kier alpha value is -0.830. The van der Waals surface area contributed by atoms with E-state index in [4.69, 9.17) is 4.74 Å². The van der Waals surface area contributed by atoms with Gasteiger partial charge in [-0.15, -0.1) is 0 Å². The zero-order valence-electron chi connectivity index (χ0n) is 6.29. The first-order chi connectivity index (χ1) is 4.83. The summed E-state index contributed by atoms with van der Waals surface area (Å²) in [5.74, 6) is 0. The number of ether oxygens (including phenoxy) is 1. The fourth-order valence-corrected chi connectivity index (χ4v) is 0.717. The number of allylic oxidation sites excluding steroid dienone is 1. The van der Waals surface area contributed by atoms with E-state index < -0.39 is 0 Å². The number of rotatable bonds is 2. The number of hydrogen-bond donors (Lipinski definition) is 1. The molecule has 1 rings (SSSR count). The van der Waals surface area contributed by atoms with Crippen LogP contribution in [0, 0.1) is 0 Å². The second-order valence-corrected chi connectivity index (χ2v) is 2.14. The van der Waals surface area contributed by atoms with Gasteiger partial charge >= 0.3 is 0 Å². The largest absolute Gasteiger partial charge is 0.347 e. The predicted molar refractivity (Wildman–Crippen MR) is 40.8 cm³/mol. The Labute approximate surface area is 60.8 Å². The minimum atomic E-state index is -0.173. The van der Waals surface area contributed by atoms with E-state index in [1.807, 2.05) is 20.0 Å². The van der Waals surface area contributed by atoms with Gasteiger partial charge in [0.2, 0.25) is 6.35 Å². The van der Waals surface area contributed by atoms with Gasteiger partial charge in [-0.3, -0.25) is 0 Å². The van der Waals surface area contributed by atoms with Crippen molar-refractivity contribution in [2.24, 2.45) is 4.99 Å². The van der Waals surface area contributed by atoms with Crippen LogP contribution in [0.25, 0.3) is 0 Å². The molecule has 10 heavy (non-hydrogen) atoms. The number of hydrogen-bond acceptors (Lipinski definition) is 3. The van der Waals surface area contributed by atoms with Gasteiger partial charge in [-0.05, 0) is 19.4 Å². The third-order valence-corrected chi connectivity index (χ3v) is 1.19. The van der Waals surface area contributed by atoms with Gasteiger partial charge in [0.05, 0.1) is 0 Å². The van der Waals surface area contributed by atoms with Crippen LogP contribution >= 0.6 is 0 Å². The van der Waals surface area contributed by atoms with Crippen molar-refractivity contribution >= 4 is 6.21 Å². The summed E-state index contributed by atoms with van der Waals surface area (Å²) in [5.41, 5.74) is 1.12. The van der Waals surface area contributed by atoms with Crippen molar-refractivity contribution in [2.75, 3.05) is 6.61 Å². The van der Waals surface area contributed by atoms with Gasteiger partial charge in [0.15, 0.2) is 0 Å². The van der Waals surface area contributed by atoms with Gasteiger partial charge in [-0.2, -0.15) is 0 Å². The molecule has 1 unspecified atom stereocenters. The molecule has 0 amide bonds. The first kappa shape index (κ1) is 7.28. The Morgan fingerprint density at radius 2 is 2.60 bits per heavy atom. The lowest BCUT2D eigenvalue weighted by Gasteiger charge is -2.15. The van der Waals surface area contributed by atoms with Gasteiger partial charge in [-0.1, -0.05) is 0 Å². The average molecular weight is 140 g/mol. The Bertz CT molecular complexity index is 163. The van der Waals surface area contributed by atoms with Crippen molar-refractivity contribution < 1.29 is 4.74 Å². The van der Waals surface area contributed by atoms with Crippen LogP contribution < -0.4 is 5.32 Å². The van der Waals surface area contributed by atoms with Crippen molar-refractivity contribution in [1.29, 1.82) is 0 Å². The molecule has 0 aromatic heterocycles. The molecule has 56 valence electrons. The first-order valence-electron chi connectivity index (χ1n) is 3.40. The van der Waals surface area contributed by atoms with Crippen LogP contribution in [0.5, 0.6) is 0 Å². The average Bonchev–Trinajstić information content (AvgIpc) is 1.95. The van der Waals surface area contributed by atoms with Gasteiger partial charge in [0.25, 0.3) is 0 Å². The van der Waals surface area contributed by atoms with Crippen molar-refractivity contribution in [1.82, 2.24) is 5.32 Å². The van der Waals surface area contributed by atoms with Crippen molar-refractivity contribution in [2.45, 2.75) is 20.2 Å². The Morgan fingerprint density at radius 3 is 3.10 bits per heavy atom. The van der Waals surface area contributed by atoms with Crippen LogP contribution in [0.15, 0.2) is 16.8 Å².